The van der Waals surface area contributed by atoms with Gasteiger partial charge in [-0.1, -0.05) is 39.0 Å². The van der Waals surface area contributed by atoms with Gasteiger partial charge in [-0.3, -0.25) is 15.2 Å². The first-order chi connectivity index (χ1) is 12.5. The van der Waals surface area contributed by atoms with E-state index in [1.165, 1.54) is 11.1 Å². The summed E-state index contributed by atoms with van der Waals surface area (Å²) in [6.07, 6.45) is -4.75. The van der Waals surface area contributed by atoms with Crippen LogP contribution < -0.4 is 10.4 Å². The first-order valence-corrected chi connectivity index (χ1v) is 7.99. The Balaban J connectivity index is 2.45. The summed E-state index contributed by atoms with van der Waals surface area (Å²) in [6, 6.07) is 10.5. The SMILES string of the molecule is CC(C)(C)CN(NC(=O)c1ccccc1)c1cc(C(F)(F)F)nc(C#N)n1. The van der Waals surface area contributed by atoms with Crippen LogP contribution in [0.3, 0.4) is 0 Å². The second-order valence-corrected chi connectivity index (χ2v) is 7.00. The first-order valence-electron chi connectivity index (χ1n) is 7.99. The van der Waals surface area contributed by atoms with E-state index in [4.69, 9.17) is 5.26 Å². The van der Waals surface area contributed by atoms with Crippen LogP contribution in [0.1, 0.15) is 42.6 Å². The summed E-state index contributed by atoms with van der Waals surface area (Å²) < 4.78 is 39.3. The number of anilines is 1. The van der Waals surface area contributed by atoms with Gasteiger partial charge < -0.3 is 0 Å². The van der Waals surface area contributed by atoms with E-state index in [1.54, 1.807) is 30.3 Å². The Hall–Kier alpha value is -3.15. The zero-order valence-electron chi connectivity index (χ0n) is 15.0. The number of hydrogen-bond acceptors (Lipinski definition) is 5. The highest BCUT2D eigenvalue weighted by Gasteiger charge is 2.35. The molecule has 0 spiro atoms. The fraction of sp³-hybridized carbons (Fsp3) is 0.333. The van der Waals surface area contributed by atoms with Crippen molar-refractivity contribution in [3.05, 3.63) is 53.5 Å². The van der Waals surface area contributed by atoms with E-state index >= 15 is 0 Å². The van der Waals surface area contributed by atoms with Crippen molar-refractivity contribution in [2.45, 2.75) is 26.9 Å². The first kappa shape index (κ1) is 20.2. The minimum absolute atomic E-state index is 0.157. The lowest BCUT2D eigenvalue weighted by atomic mass is 9.96. The van der Waals surface area contributed by atoms with E-state index in [0.717, 1.165) is 0 Å². The standard InChI is InChI=1S/C18H18F3N5O/c1-17(2,3)11-26(25-16(27)12-7-5-4-6-8-12)15-9-13(18(19,20)21)23-14(10-22)24-15/h4-9H,11H2,1-3H3,(H,25,27). The van der Waals surface area contributed by atoms with Crippen LogP contribution in [0.5, 0.6) is 0 Å². The Morgan fingerprint density at radius 1 is 1.19 bits per heavy atom. The Labute approximate surface area is 154 Å². The minimum atomic E-state index is -4.75. The summed E-state index contributed by atoms with van der Waals surface area (Å²) in [6.45, 7) is 5.72. The smallest absolute Gasteiger partial charge is 0.267 e. The zero-order chi connectivity index (χ0) is 20.2. The molecule has 27 heavy (non-hydrogen) atoms. The van der Waals surface area contributed by atoms with Gasteiger partial charge in [0.15, 0.2) is 11.5 Å². The van der Waals surface area contributed by atoms with Crippen LogP contribution in [0.15, 0.2) is 36.4 Å². The van der Waals surface area contributed by atoms with Crippen molar-refractivity contribution >= 4 is 11.7 Å². The lowest BCUT2D eigenvalue weighted by molar-refractivity contribution is -0.141. The number of rotatable bonds is 4. The number of hydrogen-bond donors (Lipinski definition) is 1. The number of amides is 1. The Morgan fingerprint density at radius 3 is 2.33 bits per heavy atom. The van der Waals surface area contributed by atoms with Gasteiger partial charge >= 0.3 is 6.18 Å². The number of hydrazine groups is 1. The van der Waals surface area contributed by atoms with Crippen LogP contribution in [0.2, 0.25) is 0 Å². The number of carbonyl (C=O) groups is 1. The van der Waals surface area contributed by atoms with Gasteiger partial charge in [-0.25, -0.2) is 4.98 Å². The minimum Gasteiger partial charge on any atom is -0.267 e. The molecule has 2 aromatic rings. The maximum absolute atomic E-state index is 13.1. The van der Waals surface area contributed by atoms with Crippen LogP contribution >= 0.6 is 0 Å². The van der Waals surface area contributed by atoms with Crippen LogP contribution in [0.4, 0.5) is 19.0 Å². The molecule has 1 N–H and O–H groups in total. The second-order valence-electron chi connectivity index (χ2n) is 7.00. The van der Waals surface area contributed by atoms with Gasteiger partial charge in [0, 0.05) is 18.2 Å². The van der Waals surface area contributed by atoms with Crippen molar-refractivity contribution in [1.82, 2.24) is 15.4 Å². The molecule has 0 saturated heterocycles. The highest BCUT2D eigenvalue weighted by molar-refractivity contribution is 5.94. The summed E-state index contributed by atoms with van der Waals surface area (Å²) in [5, 5.41) is 10.2. The van der Waals surface area contributed by atoms with Crippen molar-refractivity contribution in [2.24, 2.45) is 5.41 Å². The summed E-state index contributed by atoms with van der Waals surface area (Å²) in [4.78, 5) is 19.5. The average Bonchev–Trinajstić information content (AvgIpc) is 2.59. The number of aromatic nitrogens is 2. The fourth-order valence-corrected chi connectivity index (χ4v) is 2.20. The topological polar surface area (TPSA) is 81.9 Å². The molecule has 0 radical (unpaired) electrons. The molecule has 0 saturated carbocycles. The molecule has 0 bridgehead atoms. The Morgan fingerprint density at radius 2 is 1.81 bits per heavy atom. The normalized spacial score (nSPS) is 11.6. The Kier molecular flexibility index (Phi) is 5.69. The van der Waals surface area contributed by atoms with Crippen LogP contribution in [0, 0.1) is 16.7 Å². The van der Waals surface area contributed by atoms with E-state index in [9.17, 15) is 18.0 Å². The zero-order valence-corrected chi connectivity index (χ0v) is 15.0. The number of halogens is 3. The van der Waals surface area contributed by atoms with Crippen molar-refractivity contribution in [2.75, 3.05) is 11.6 Å². The molecular formula is C18H18F3N5O. The monoisotopic (exact) mass is 377 g/mol. The van der Waals surface area contributed by atoms with E-state index in [2.05, 4.69) is 15.4 Å². The maximum atomic E-state index is 13.1. The molecule has 9 heteroatoms. The maximum Gasteiger partial charge on any atom is 0.433 e. The molecule has 1 heterocycles. The quantitative estimate of drug-likeness (QED) is 0.824. The van der Waals surface area contributed by atoms with Crippen LogP contribution in [-0.4, -0.2) is 22.4 Å². The molecular weight excluding hydrogens is 359 g/mol. The van der Waals surface area contributed by atoms with Crippen molar-refractivity contribution in [3.8, 4) is 6.07 Å². The molecule has 1 aromatic carbocycles. The number of nitriles is 1. The average molecular weight is 377 g/mol. The van der Waals surface area contributed by atoms with E-state index in [1.807, 2.05) is 20.8 Å². The van der Waals surface area contributed by atoms with Gasteiger partial charge in [-0.2, -0.15) is 23.4 Å². The van der Waals surface area contributed by atoms with Crippen molar-refractivity contribution in [3.63, 3.8) is 0 Å². The number of carbonyl (C=O) groups excluding carboxylic acids is 1. The van der Waals surface area contributed by atoms with Crippen LogP contribution in [-0.2, 0) is 6.18 Å². The van der Waals surface area contributed by atoms with Gasteiger partial charge in [0.25, 0.3) is 5.91 Å². The number of nitrogens with one attached hydrogen (secondary N) is 1. The number of benzene rings is 1. The molecule has 0 aliphatic heterocycles. The summed E-state index contributed by atoms with van der Waals surface area (Å²) in [5.41, 5.74) is 1.26. The number of alkyl halides is 3. The molecule has 0 unspecified atom stereocenters. The molecule has 6 nitrogen and oxygen atoms in total. The fourth-order valence-electron chi connectivity index (χ4n) is 2.20. The molecule has 0 aliphatic carbocycles. The van der Waals surface area contributed by atoms with Gasteiger partial charge in [0.05, 0.1) is 0 Å². The van der Waals surface area contributed by atoms with E-state index < -0.39 is 23.6 Å². The predicted octanol–water partition coefficient (Wildman–Crippen LogP) is 3.56. The molecule has 1 amide bonds. The summed E-state index contributed by atoms with van der Waals surface area (Å²) >= 11 is 0. The molecule has 1 aromatic heterocycles. The summed E-state index contributed by atoms with van der Waals surface area (Å²) in [5.74, 6) is -1.36. The second kappa shape index (κ2) is 7.61. The van der Waals surface area contributed by atoms with Crippen LogP contribution in [0.25, 0.3) is 0 Å². The van der Waals surface area contributed by atoms with E-state index in [0.29, 0.717) is 11.6 Å². The predicted molar refractivity (Wildman–Crippen MR) is 92.5 cm³/mol. The molecule has 0 atom stereocenters. The van der Waals surface area contributed by atoms with Gasteiger partial charge in [0.2, 0.25) is 5.82 Å². The lowest BCUT2D eigenvalue weighted by Crippen LogP contribution is -2.47. The molecule has 142 valence electrons. The molecule has 0 fully saturated rings. The molecule has 2 rings (SSSR count). The number of nitrogens with zero attached hydrogens (tertiary/aromatic N) is 4. The third kappa shape index (κ3) is 5.67. The third-order valence-electron chi connectivity index (χ3n) is 3.28. The van der Waals surface area contributed by atoms with E-state index in [-0.39, 0.29) is 17.8 Å². The third-order valence-corrected chi connectivity index (χ3v) is 3.28. The lowest BCUT2D eigenvalue weighted by Gasteiger charge is -2.31. The van der Waals surface area contributed by atoms with Gasteiger partial charge in [0.1, 0.15) is 6.07 Å². The highest BCUT2D eigenvalue weighted by atomic mass is 19.4. The largest absolute Gasteiger partial charge is 0.433 e. The van der Waals surface area contributed by atoms with Gasteiger partial charge in [-0.15, -0.1) is 0 Å². The summed E-state index contributed by atoms with van der Waals surface area (Å²) in [7, 11) is 0. The van der Waals surface area contributed by atoms with Crippen molar-refractivity contribution in [1.29, 1.82) is 5.26 Å². The highest BCUT2D eigenvalue weighted by Crippen LogP contribution is 2.30. The van der Waals surface area contributed by atoms with Crippen molar-refractivity contribution < 1.29 is 18.0 Å². The molecule has 0 aliphatic rings. The van der Waals surface area contributed by atoms with Gasteiger partial charge in [-0.05, 0) is 17.5 Å². The Bertz CT molecular complexity index is 854.